The fourth-order valence-corrected chi connectivity index (χ4v) is 4.50. The summed E-state index contributed by atoms with van der Waals surface area (Å²) in [5.41, 5.74) is 2.02. The molecule has 2 aliphatic carbocycles. The van der Waals surface area contributed by atoms with Crippen molar-refractivity contribution in [3.63, 3.8) is 0 Å². The Labute approximate surface area is 138 Å². The lowest BCUT2D eigenvalue weighted by atomic mass is 9.95. The largest absolute Gasteiger partial charge is 0.379 e. The minimum absolute atomic E-state index is 0.103. The van der Waals surface area contributed by atoms with Crippen LogP contribution in [0.5, 0.6) is 0 Å². The first-order valence-corrected chi connectivity index (χ1v) is 8.98. The Bertz CT molecular complexity index is 568. The smallest absolute Gasteiger partial charge is 0.251 e. The van der Waals surface area contributed by atoms with Gasteiger partial charge in [-0.05, 0) is 48.8 Å². The molecule has 0 radical (unpaired) electrons. The van der Waals surface area contributed by atoms with Gasteiger partial charge in [0.25, 0.3) is 5.91 Å². The van der Waals surface area contributed by atoms with Gasteiger partial charge in [-0.2, -0.15) is 0 Å². The molecule has 3 aliphatic rings. The summed E-state index contributed by atoms with van der Waals surface area (Å²) in [6, 6.07) is 8.52. The molecule has 0 unspecified atom stereocenters. The third-order valence-corrected chi connectivity index (χ3v) is 5.75. The molecule has 1 aromatic rings. The third kappa shape index (κ3) is 3.43. The second-order valence-electron chi connectivity index (χ2n) is 7.34. The lowest BCUT2D eigenvalue weighted by molar-refractivity contribution is 0.0342. The molecule has 0 spiro atoms. The van der Waals surface area contributed by atoms with E-state index in [0.717, 1.165) is 50.2 Å². The highest BCUT2D eigenvalue weighted by atomic mass is 16.5. The Morgan fingerprint density at radius 1 is 1.22 bits per heavy atom. The number of nitrogens with zero attached hydrogens (tertiary/aromatic N) is 1. The van der Waals surface area contributed by atoms with Crippen LogP contribution >= 0.6 is 0 Å². The SMILES string of the molecule is O=C(N[C@@H]1C[C@H]2CC[C@H]1C2)c1cccc(CN2CCOCC2)c1. The third-order valence-electron chi connectivity index (χ3n) is 5.75. The average molecular weight is 314 g/mol. The zero-order chi connectivity index (χ0) is 15.6. The van der Waals surface area contributed by atoms with Crippen LogP contribution in [-0.2, 0) is 11.3 Å². The molecule has 4 heteroatoms. The molecule has 1 N–H and O–H groups in total. The van der Waals surface area contributed by atoms with Gasteiger partial charge in [0.2, 0.25) is 0 Å². The Morgan fingerprint density at radius 3 is 2.83 bits per heavy atom. The van der Waals surface area contributed by atoms with Crippen molar-refractivity contribution in [1.82, 2.24) is 10.2 Å². The molecule has 1 aromatic carbocycles. The van der Waals surface area contributed by atoms with E-state index < -0.39 is 0 Å². The molecule has 1 saturated heterocycles. The summed E-state index contributed by atoms with van der Waals surface area (Å²) in [5.74, 6) is 1.69. The zero-order valence-corrected chi connectivity index (χ0v) is 13.7. The standard InChI is InChI=1S/C19H26N2O2/c22-19(20-18-12-14-4-5-16(18)10-14)17-3-1-2-15(11-17)13-21-6-8-23-9-7-21/h1-3,11,14,16,18H,4-10,12-13H2,(H,20,22)/t14-,16-,18+/m0/s1. The van der Waals surface area contributed by atoms with E-state index in [2.05, 4.69) is 22.3 Å². The first-order chi connectivity index (χ1) is 11.3. The maximum absolute atomic E-state index is 12.6. The Morgan fingerprint density at radius 2 is 2.09 bits per heavy atom. The van der Waals surface area contributed by atoms with E-state index in [4.69, 9.17) is 4.74 Å². The quantitative estimate of drug-likeness (QED) is 0.928. The van der Waals surface area contributed by atoms with Gasteiger partial charge in [0.15, 0.2) is 0 Å². The maximum atomic E-state index is 12.6. The molecule has 23 heavy (non-hydrogen) atoms. The molecule has 4 nitrogen and oxygen atoms in total. The monoisotopic (exact) mass is 314 g/mol. The van der Waals surface area contributed by atoms with E-state index in [1.807, 2.05) is 12.1 Å². The lowest BCUT2D eigenvalue weighted by Gasteiger charge is -2.26. The highest BCUT2D eigenvalue weighted by Crippen LogP contribution is 2.44. The number of benzene rings is 1. The van der Waals surface area contributed by atoms with Gasteiger partial charge in [-0.15, -0.1) is 0 Å². The number of ether oxygens (including phenoxy) is 1. The highest BCUT2D eigenvalue weighted by molar-refractivity contribution is 5.94. The number of amides is 1. The summed E-state index contributed by atoms with van der Waals surface area (Å²) in [6.07, 6.45) is 5.17. The summed E-state index contributed by atoms with van der Waals surface area (Å²) in [4.78, 5) is 15.0. The lowest BCUT2D eigenvalue weighted by Crippen LogP contribution is -2.38. The fraction of sp³-hybridized carbons (Fsp3) is 0.632. The molecule has 124 valence electrons. The van der Waals surface area contributed by atoms with Gasteiger partial charge in [-0.3, -0.25) is 9.69 Å². The molecule has 2 bridgehead atoms. The second kappa shape index (κ2) is 6.62. The number of hydrogen-bond donors (Lipinski definition) is 1. The normalized spacial score (nSPS) is 30.5. The molecule has 4 rings (SSSR count). The predicted octanol–water partition coefficient (Wildman–Crippen LogP) is 2.44. The number of carbonyl (C=O) groups is 1. The number of nitrogens with one attached hydrogen (secondary N) is 1. The Hall–Kier alpha value is -1.39. The molecule has 3 atom stereocenters. The van der Waals surface area contributed by atoms with Crippen LogP contribution in [0, 0.1) is 11.8 Å². The summed E-state index contributed by atoms with van der Waals surface area (Å²) in [5, 5.41) is 3.28. The first kappa shape index (κ1) is 15.2. The summed E-state index contributed by atoms with van der Waals surface area (Å²) < 4.78 is 5.39. The van der Waals surface area contributed by atoms with Gasteiger partial charge in [-0.25, -0.2) is 0 Å². The second-order valence-corrected chi connectivity index (χ2v) is 7.34. The number of carbonyl (C=O) groups excluding carboxylic acids is 1. The molecule has 2 saturated carbocycles. The molecule has 3 fully saturated rings. The van der Waals surface area contributed by atoms with Gasteiger partial charge >= 0.3 is 0 Å². The van der Waals surface area contributed by atoms with Gasteiger partial charge in [0.05, 0.1) is 13.2 Å². The molecular formula is C19H26N2O2. The van der Waals surface area contributed by atoms with E-state index in [9.17, 15) is 4.79 Å². The van der Waals surface area contributed by atoms with Crippen molar-refractivity contribution in [2.45, 2.75) is 38.3 Å². The van der Waals surface area contributed by atoms with Crippen molar-refractivity contribution in [2.24, 2.45) is 11.8 Å². The van der Waals surface area contributed by atoms with Crippen LogP contribution in [0.2, 0.25) is 0 Å². The fourth-order valence-electron chi connectivity index (χ4n) is 4.50. The molecule has 1 aliphatic heterocycles. The van der Waals surface area contributed by atoms with E-state index in [1.54, 1.807) is 0 Å². The minimum Gasteiger partial charge on any atom is -0.379 e. The van der Waals surface area contributed by atoms with Crippen LogP contribution in [0.15, 0.2) is 24.3 Å². The number of morpholine rings is 1. The van der Waals surface area contributed by atoms with E-state index in [1.165, 1.54) is 31.2 Å². The van der Waals surface area contributed by atoms with Crippen molar-refractivity contribution in [3.8, 4) is 0 Å². The summed E-state index contributed by atoms with van der Waals surface area (Å²) in [6.45, 7) is 4.47. The van der Waals surface area contributed by atoms with E-state index >= 15 is 0 Å². The Kier molecular flexibility index (Phi) is 4.36. The van der Waals surface area contributed by atoms with Crippen molar-refractivity contribution in [1.29, 1.82) is 0 Å². The van der Waals surface area contributed by atoms with Gasteiger partial charge in [-0.1, -0.05) is 18.6 Å². The van der Waals surface area contributed by atoms with Crippen molar-refractivity contribution < 1.29 is 9.53 Å². The number of hydrogen-bond acceptors (Lipinski definition) is 3. The van der Waals surface area contributed by atoms with Crippen LogP contribution in [-0.4, -0.2) is 43.2 Å². The molecule has 1 amide bonds. The van der Waals surface area contributed by atoms with Crippen LogP contribution in [0.3, 0.4) is 0 Å². The van der Waals surface area contributed by atoms with E-state index in [0.29, 0.717) is 6.04 Å². The minimum atomic E-state index is 0.103. The predicted molar refractivity (Wildman–Crippen MR) is 89.2 cm³/mol. The first-order valence-electron chi connectivity index (χ1n) is 8.98. The highest BCUT2D eigenvalue weighted by Gasteiger charge is 2.40. The van der Waals surface area contributed by atoms with Crippen LogP contribution in [0.25, 0.3) is 0 Å². The number of rotatable bonds is 4. The van der Waals surface area contributed by atoms with Gasteiger partial charge in [0.1, 0.15) is 0 Å². The topological polar surface area (TPSA) is 41.6 Å². The molecule has 0 aromatic heterocycles. The average Bonchev–Trinajstić information content (AvgIpc) is 3.19. The molecule has 1 heterocycles. The van der Waals surface area contributed by atoms with E-state index in [-0.39, 0.29) is 5.91 Å². The van der Waals surface area contributed by atoms with Crippen molar-refractivity contribution in [2.75, 3.05) is 26.3 Å². The molecular weight excluding hydrogens is 288 g/mol. The Balaban J connectivity index is 1.38. The van der Waals surface area contributed by atoms with Gasteiger partial charge in [0, 0.05) is 31.2 Å². The van der Waals surface area contributed by atoms with Crippen LogP contribution in [0.4, 0.5) is 0 Å². The zero-order valence-electron chi connectivity index (χ0n) is 13.7. The number of fused-ring (bicyclic) bond motifs is 2. The summed E-state index contributed by atoms with van der Waals surface area (Å²) >= 11 is 0. The maximum Gasteiger partial charge on any atom is 0.251 e. The van der Waals surface area contributed by atoms with Crippen molar-refractivity contribution in [3.05, 3.63) is 35.4 Å². The van der Waals surface area contributed by atoms with Crippen LogP contribution in [0.1, 0.15) is 41.6 Å². The van der Waals surface area contributed by atoms with Crippen LogP contribution < -0.4 is 5.32 Å². The van der Waals surface area contributed by atoms with Gasteiger partial charge < -0.3 is 10.1 Å². The summed E-state index contributed by atoms with van der Waals surface area (Å²) in [7, 11) is 0. The van der Waals surface area contributed by atoms with Crippen molar-refractivity contribution >= 4 is 5.91 Å².